The number of piperazine rings is 3. The molecule has 3 aromatic carbocycles. The van der Waals surface area contributed by atoms with Gasteiger partial charge >= 0.3 is 0 Å². The molecule has 27 nitrogen and oxygen atoms in total. The van der Waals surface area contributed by atoms with Gasteiger partial charge < -0.3 is 44.7 Å². The van der Waals surface area contributed by atoms with Crippen molar-refractivity contribution in [3.8, 4) is 86.3 Å². The Morgan fingerprint density at radius 1 is 0.378 bits per heavy atom. The number of anilines is 3. The second-order valence-corrected chi connectivity index (χ2v) is 36.7. The van der Waals surface area contributed by atoms with E-state index < -0.39 is 96.6 Å². The van der Waals surface area contributed by atoms with Crippen molar-refractivity contribution in [2.45, 2.75) is 80.1 Å². The van der Waals surface area contributed by atoms with Gasteiger partial charge in [-0.2, -0.15) is 15.8 Å². The summed E-state index contributed by atoms with van der Waals surface area (Å²) in [5.74, 6) is -6.38. The lowest BCUT2D eigenvalue weighted by Crippen LogP contribution is -2.49. The highest BCUT2D eigenvalue weighted by Gasteiger charge is 2.38. The maximum absolute atomic E-state index is 15.0. The summed E-state index contributed by atoms with van der Waals surface area (Å²) in [7, 11) is 0. The number of hydrogen-bond acceptors (Lipinski definition) is 21. The number of nitriles is 3. The van der Waals surface area contributed by atoms with Crippen molar-refractivity contribution in [1.82, 2.24) is 58.3 Å². The minimum Gasteiger partial charge on any atom is -0.506 e. The lowest BCUT2D eigenvalue weighted by molar-refractivity contribution is -0.127. The molecule has 0 aliphatic carbocycles. The monoisotopic (exact) mass is 2060 g/mol. The van der Waals surface area contributed by atoms with Gasteiger partial charge in [-0.3, -0.25) is 57.4 Å². The Morgan fingerprint density at radius 2 is 0.600 bits per heavy atom. The molecule has 12 heterocycles. The number of rotatable bonds is 15. The van der Waals surface area contributed by atoms with Crippen molar-refractivity contribution < 1.29 is 42.9 Å². The minimum atomic E-state index is -1.09. The Morgan fingerprint density at radius 3 is 0.800 bits per heavy atom. The van der Waals surface area contributed by atoms with Crippen LogP contribution in [0.15, 0.2) is 107 Å². The third-order valence-electron chi connectivity index (χ3n) is 23.0. The lowest BCUT2D eigenvalue weighted by Gasteiger charge is -2.36. The first-order chi connectivity index (χ1) is 64.0. The number of phenols is 3. The molecule has 9 aromatic heterocycles. The molecule has 0 unspecified atom stereocenters. The van der Waals surface area contributed by atoms with Crippen molar-refractivity contribution in [1.29, 1.82) is 15.8 Å². The average molecular weight is 2070 g/mol. The summed E-state index contributed by atoms with van der Waals surface area (Å²) >= 11 is 75.4. The van der Waals surface area contributed by atoms with Gasteiger partial charge in [0.25, 0.3) is 16.7 Å². The van der Waals surface area contributed by atoms with Crippen molar-refractivity contribution >= 4 is 207 Å². The number of halogens is 15. The number of pyridine rings is 9. The van der Waals surface area contributed by atoms with E-state index in [4.69, 9.17) is 154 Å². The van der Waals surface area contributed by atoms with Crippen LogP contribution >= 0.6 is 139 Å². The molecule has 0 bridgehead atoms. The molecule has 3 aliphatic heterocycles. The van der Waals surface area contributed by atoms with Gasteiger partial charge in [-0.15, -0.1) is 0 Å². The molecule has 15 rings (SSSR count). The van der Waals surface area contributed by atoms with E-state index in [9.17, 15) is 59.9 Å². The van der Waals surface area contributed by atoms with Crippen LogP contribution in [0.3, 0.4) is 0 Å². The largest absolute Gasteiger partial charge is 0.506 e. The second-order valence-electron chi connectivity index (χ2n) is 32.0. The highest BCUT2D eigenvalue weighted by atomic mass is 35.5. The van der Waals surface area contributed by atoms with Gasteiger partial charge in [-0.25, -0.2) is 28.1 Å². The SMILES string of the molecule is C=CC(=O)N1CCN(c2c(C#N)c(=O)n(-c3c(C)ccnc3C(C)C)c3nc(-c4c(O)c(Cl)c(Cl)c(F)c4Cl)c(Cl)cc23)CC1.C=CC(=O)N1CCN(c2c(C#N)c(=O)n(-c3c(C)ccnc3C(C)C)c3nc(-c4c(O)c(Cl)c(Cl)c(F)c4Cl)c(Cl)cc23)CC1.C=CC(=O)N1CCN(c2c(C#N)c(=O)n(-c3c(C)ccnc3C(C)C)c3nc(-c4c(O)c(Cl)c(Cl)c(F)c4Cl)c(Cl)cc23)CC1. The molecule has 0 spiro atoms. The molecule has 3 fully saturated rings. The zero-order valence-electron chi connectivity index (χ0n) is 72.8. The van der Waals surface area contributed by atoms with E-state index in [0.29, 0.717) is 146 Å². The number of aromatic nitrogens is 9. The highest BCUT2D eigenvalue weighted by Crippen LogP contribution is 2.54. The van der Waals surface area contributed by atoms with Crippen molar-refractivity contribution in [2.24, 2.45) is 0 Å². The number of carbonyl (C=O) groups is 3. The first-order valence-electron chi connectivity index (χ1n) is 41.1. The van der Waals surface area contributed by atoms with Gasteiger partial charge in [0.15, 0.2) is 17.5 Å². The summed E-state index contributed by atoms with van der Waals surface area (Å²) in [5, 5.41) is 59.7. The van der Waals surface area contributed by atoms with Crippen LogP contribution in [0.25, 0.3) is 83.9 Å². The Hall–Kier alpha value is -11.6. The molecular weight excluding hydrogens is 2000 g/mol. The predicted octanol–water partition coefficient (Wildman–Crippen LogP) is 21.1. The molecule has 42 heteroatoms. The first-order valence-corrected chi connectivity index (χ1v) is 45.6. The Bertz CT molecular complexity index is 6650. The van der Waals surface area contributed by atoms with Crippen LogP contribution in [0.4, 0.5) is 30.2 Å². The van der Waals surface area contributed by atoms with E-state index in [0.717, 1.165) is 0 Å². The van der Waals surface area contributed by atoms with Crippen molar-refractivity contribution in [3.63, 3.8) is 0 Å². The van der Waals surface area contributed by atoms with E-state index in [-0.39, 0.29) is 135 Å². The molecule has 3 N–H and O–H groups in total. The molecule has 0 radical (unpaired) electrons. The number of hydrogen-bond donors (Lipinski definition) is 3. The van der Waals surface area contributed by atoms with Crippen LogP contribution in [0, 0.1) is 72.2 Å². The van der Waals surface area contributed by atoms with Gasteiger partial charge in [-0.1, -0.05) is 200 Å². The highest BCUT2D eigenvalue weighted by molar-refractivity contribution is 6.48. The number of fused-ring (bicyclic) bond motifs is 3. The molecule has 0 atom stereocenters. The third-order valence-corrected chi connectivity index (χ3v) is 27.4. The summed E-state index contributed by atoms with van der Waals surface area (Å²) in [5.41, 5.74) is 1.76. The first kappa shape index (κ1) is 101. The van der Waals surface area contributed by atoms with Crippen LogP contribution in [-0.4, -0.2) is 170 Å². The number of aromatic hydroxyl groups is 3. The summed E-state index contributed by atoms with van der Waals surface area (Å²) in [6.45, 7) is 31.1. The van der Waals surface area contributed by atoms with Crippen LogP contribution in [0.2, 0.25) is 60.3 Å². The topological polar surface area (TPSA) is 346 Å². The summed E-state index contributed by atoms with van der Waals surface area (Å²) in [6, 6.07) is 15.8. The maximum atomic E-state index is 15.0. The fourth-order valence-electron chi connectivity index (χ4n) is 16.4. The molecule has 3 amide bonds. The Balaban J connectivity index is 0.000000171. The van der Waals surface area contributed by atoms with E-state index >= 15 is 13.2 Å². The predicted molar refractivity (Wildman–Crippen MR) is 524 cm³/mol. The van der Waals surface area contributed by atoms with E-state index in [1.807, 2.05) is 56.2 Å². The summed E-state index contributed by atoms with van der Waals surface area (Å²) in [4.78, 5) is 118. The van der Waals surface area contributed by atoms with Crippen LogP contribution < -0.4 is 31.4 Å². The van der Waals surface area contributed by atoms with Crippen LogP contribution in [0.1, 0.15) is 110 Å². The normalized spacial score (nSPS) is 13.4. The Labute approximate surface area is 829 Å². The van der Waals surface area contributed by atoms with E-state index in [1.54, 1.807) is 72.3 Å². The molecule has 12 aromatic rings. The zero-order chi connectivity index (χ0) is 98.7. The average Bonchev–Trinajstić information content (AvgIpc) is 0.728. The number of amides is 3. The van der Waals surface area contributed by atoms with E-state index in [2.05, 4.69) is 52.9 Å². The fourth-order valence-corrected chi connectivity index (χ4v) is 19.2. The molecule has 0 saturated carbocycles. The zero-order valence-corrected chi connectivity index (χ0v) is 81.8. The van der Waals surface area contributed by atoms with E-state index in [1.165, 1.54) is 50.1 Å². The van der Waals surface area contributed by atoms with Crippen LogP contribution in [-0.2, 0) is 14.4 Å². The quantitative estimate of drug-likeness (QED) is 0.0487. The molecule has 696 valence electrons. The molecular formula is C93H75Cl12F3N18O9. The summed E-state index contributed by atoms with van der Waals surface area (Å²) < 4.78 is 48.9. The standard InChI is InChI=1S/3C31H25Cl4FN6O3/c3*1-5-19(43)40-8-10-41(11-9-40)28-16-12-18(32)26(20-21(33)24(36)22(34)23(35)29(20)44)39-30(16)42(31(45)17(28)13-37)27-15(4)6-7-38-25(27)14(2)3/h3*5-7,12,14,44H,1,8-11H2,2-4H3. The molecule has 3 saturated heterocycles. The van der Waals surface area contributed by atoms with Gasteiger partial charge in [0.2, 0.25) is 17.7 Å². The molecule has 3 aliphatic rings. The molecule has 135 heavy (non-hydrogen) atoms. The number of phenolic OH excluding ortho intramolecular Hbond substituents is 3. The van der Waals surface area contributed by atoms with Gasteiger partial charge in [-0.05, 0) is 110 Å². The summed E-state index contributed by atoms with van der Waals surface area (Å²) in [6.07, 6.45) is 8.55. The third kappa shape index (κ3) is 18.2. The lowest BCUT2D eigenvalue weighted by atomic mass is 10.0. The van der Waals surface area contributed by atoms with Gasteiger partial charge in [0.1, 0.15) is 99.2 Å². The second kappa shape index (κ2) is 40.7. The van der Waals surface area contributed by atoms with Crippen molar-refractivity contribution in [3.05, 3.63) is 252 Å². The smallest absolute Gasteiger partial charge is 0.276 e. The van der Waals surface area contributed by atoms with Crippen LogP contribution in [0.5, 0.6) is 17.2 Å². The minimum absolute atomic E-state index is 0.0398. The van der Waals surface area contributed by atoms with Crippen molar-refractivity contribution in [2.75, 3.05) is 93.2 Å². The Kier molecular flexibility index (Phi) is 30.4. The maximum Gasteiger partial charge on any atom is 0.276 e. The number of carbonyl (C=O) groups excluding carboxylic acids is 3. The fraction of sp³-hybridized carbons (Fsp3) is 0.258. The van der Waals surface area contributed by atoms with Gasteiger partial charge in [0, 0.05) is 113 Å². The van der Waals surface area contributed by atoms with Gasteiger partial charge in [0.05, 0.1) is 115 Å². The number of nitrogens with zero attached hydrogens (tertiary/aromatic N) is 18. The number of benzene rings is 3. The number of aryl methyl sites for hydroxylation is 3.